The standard InChI is InChI=1S/C25H32F5N5O4/c26-24(27)11-16-6-7-17(24)19(21(37)33-15(12-31)10-14-5-2-8-32-20(14)36)35(16)22(38)18(9-13-3-1-4-13)34-23(39)25(28,29)30/h13-19H,1-11H2,(H,32,36)(H,33,37)(H,34,39)/t14-,15+,16-,17-,18-,19+/m1/s1. The van der Waals surface area contributed by atoms with Gasteiger partial charge in [-0.15, -0.1) is 0 Å². The molecule has 216 valence electrons. The molecule has 3 N–H and O–H groups in total. The van der Waals surface area contributed by atoms with Crippen molar-refractivity contribution in [3.8, 4) is 6.07 Å². The molecule has 0 spiro atoms. The lowest BCUT2D eigenvalue weighted by molar-refractivity contribution is -0.196. The fourth-order valence-corrected chi connectivity index (χ4v) is 6.27. The number of piperidine rings is 3. The maximum absolute atomic E-state index is 15.0. The predicted molar refractivity (Wildman–Crippen MR) is 125 cm³/mol. The molecule has 0 aromatic heterocycles. The van der Waals surface area contributed by atoms with Crippen LogP contribution < -0.4 is 16.0 Å². The fourth-order valence-electron chi connectivity index (χ4n) is 6.27. The molecule has 3 saturated heterocycles. The van der Waals surface area contributed by atoms with Gasteiger partial charge in [-0.3, -0.25) is 19.2 Å². The van der Waals surface area contributed by atoms with E-state index < -0.39 is 72.2 Å². The van der Waals surface area contributed by atoms with E-state index in [0.29, 0.717) is 32.2 Å². The molecule has 9 nitrogen and oxygen atoms in total. The Morgan fingerprint density at radius 1 is 1.08 bits per heavy atom. The summed E-state index contributed by atoms with van der Waals surface area (Å²) in [5.41, 5.74) is 0. The number of rotatable bonds is 8. The second kappa shape index (κ2) is 11.3. The van der Waals surface area contributed by atoms with Crippen LogP contribution in [0.1, 0.15) is 64.2 Å². The number of carbonyl (C=O) groups is 4. The van der Waals surface area contributed by atoms with E-state index in [1.54, 1.807) is 5.32 Å². The number of nitriles is 1. The zero-order valence-electron chi connectivity index (χ0n) is 21.2. The molecule has 0 radical (unpaired) electrons. The van der Waals surface area contributed by atoms with Crippen LogP contribution in [0.5, 0.6) is 0 Å². The predicted octanol–water partition coefficient (Wildman–Crippen LogP) is 2.16. The summed E-state index contributed by atoms with van der Waals surface area (Å²) in [7, 11) is 0. The number of hydrogen-bond donors (Lipinski definition) is 3. The molecule has 5 aliphatic rings. The topological polar surface area (TPSA) is 131 Å². The SMILES string of the molecule is N#C[C@H](C[C@H]1CCCNC1=O)NC(=O)[C@@H]1[C@H]2CC[C@H](CC2(F)F)N1C(=O)[C@@H](CC1CCC1)NC(=O)C(F)(F)F. The molecule has 0 unspecified atom stereocenters. The molecule has 5 rings (SSSR count). The largest absolute Gasteiger partial charge is 0.471 e. The van der Waals surface area contributed by atoms with Gasteiger partial charge in [-0.25, -0.2) is 8.78 Å². The average molecular weight is 562 g/mol. The zero-order chi connectivity index (χ0) is 28.5. The van der Waals surface area contributed by atoms with Crippen LogP contribution >= 0.6 is 0 Å². The highest BCUT2D eigenvalue weighted by Gasteiger charge is 2.61. The monoisotopic (exact) mass is 561 g/mol. The zero-order valence-corrected chi connectivity index (χ0v) is 21.2. The van der Waals surface area contributed by atoms with Crippen molar-refractivity contribution in [1.82, 2.24) is 20.9 Å². The van der Waals surface area contributed by atoms with Crippen molar-refractivity contribution >= 4 is 23.6 Å². The Bertz CT molecular complexity index is 1030. The summed E-state index contributed by atoms with van der Waals surface area (Å²) in [6, 6.07) is -3.82. The first-order chi connectivity index (χ1) is 18.3. The Labute approximate surface area is 222 Å². The third-order valence-corrected chi connectivity index (χ3v) is 8.51. The quantitative estimate of drug-likeness (QED) is 0.391. The number of carbonyl (C=O) groups excluding carboxylic acids is 4. The highest BCUT2D eigenvalue weighted by Crippen LogP contribution is 2.49. The molecular weight excluding hydrogens is 529 g/mol. The molecule has 4 amide bonds. The minimum Gasteiger partial charge on any atom is -0.356 e. The third-order valence-electron chi connectivity index (χ3n) is 8.51. The maximum Gasteiger partial charge on any atom is 0.471 e. The van der Waals surface area contributed by atoms with Gasteiger partial charge >= 0.3 is 12.1 Å². The van der Waals surface area contributed by atoms with Gasteiger partial charge < -0.3 is 20.9 Å². The molecule has 2 aliphatic carbocycles. The molecular formula is C25H32F5N5O4. The van der Waals surface area contributed by atoms with Crippen LogP contribution in [0.2, 0.25) is 0 Å². The van der Waals surface area contributed by atoms with Crippen LogP contribution in [0, 0.1) is 29.1 Å². The van der Waals surface area contributed by atoms with Gasteiger partial charge in [-0.05, 0) is 44.4 Å². The summed E-state index contributed by atoms with van der Waals surface area (Å²) in [6.45, 7) is 0.489. The minimum atomic E-state index is -5.26. The van der Waals surface area contributed by atoms with Crippen molar-refractivity contribution < 1.29 is 41.1 Å². The van der Waals surface area contributed by atoms with Gasteiger partial charge in [0.1, 0.15) is 18.1 Å². The number of amides is 4. The first-order valence-electron chi connectivity index (χ1n) is 13.4. The second-order valence-electron chi connectivity index (χ2n) is 11.1. The van der Waals surface area contributed by atoms with E-state index in [-0.39, 0.29) is 37.5 Å². The van der Waals surface area contributed by atoms with E-state index in [2.05, 4.69) is 10.6 Å². The number of hydrogen-bond acceptors (Lipinski definition) is 5. The number of nitrogens with one attached hydrogen (secondary N) is 3. The first-order valence-corrected chi connectivity index (χ1v) is 13.4. The molecule has 5 fully saturated rings. The molecule has 0 aromatic rings. The van der Waals surface area contributed by atoms with Crippen molar-refractivity contribution in [1.29, 1.82) is 5.26 Å². The Balaban J connectivity index is 1.57. The van der Waals surface area contributed by atoms with E-state index in [9.17, 15) is 46.4 Å². The minimum absolute atomic E-state index is 0.0504. The first kappa shape index (κ1) is 29.0. The summed E-state index contributed by atoms with van der Waals surface area (Å²) >= 11 is 0. The summed E-state index contributed by atoms with van der Waals surface area (Å²) in [5.74, 6) is -10.2. The van der Waals surface area contributed by atoms with Gasteiger partial charge in [-0.1, -0.05) is 19.3 Å². The van der Waals surface area contributed by atoms with E-state index in [0.717, 1.165) is 11.3 Å². The lowest BCUT2D eigenvalue weighted by Crippen LogP contribution is -2.71. The Morgan fingerprint density at radius 3 is 2.36 bits per heavy atom. The molecule has 14 heteroatoms. The molecule has 6 atom stereocenters. The maximum atomic E-state index is 15.0. The molecule has 2 saturated carbocycles. The number of alkyl halides is 5. The summed E-state index contributed by atoms with van der Waals surface area (Å²) in [5, 5.41) is 16.4. The number of fused-ring (bicyclic) bond motifs is 3. The molecule has 3 aliphatic heterocycles. The second-order valence-corrected chi connectivity index (χ2v) is 11.1. The average Bonchev–Trinajstić information content (AvgIpc) is 2.84. The van der Waals surface area contributed by atoms with Crippen LogP contribution in [0.15, 0.2) is 0 Å². The van der Waals surface area contributed by atoms with Crippen LogP contribution in [-0.4, -0.2) is 71.3 Å². The summed E-state index contributed by atoms with van der Waals surface area (Å²) in [6.07, 6.45) is -2.84. The van der Waals surface area contributed by atoms with Crippen LogP contribution in [0.25, 0.3) is 0 Å². The third kappa shape index (κ3) is 6.27. The molecule has 2 bridgehead atoms. The van der Waals surface area contributed by atoms with Crippen LogP contribution in [0.3, 0.4) is 0 Å². The number of nitrogens with zero attached hydrogens (tertiary/aromatic N) is 2. The lowest BCUT2D eigenvalue weighted by Gasteiger charge is -2.54. The fraction of sp³-hybridized carbons (Fsp3) is 0.800. The summed E-state index contributed by atoms with van der Waals surface area (Å²) in [4.78, 5) is 51.9. The van der Waals surface area contributed by atoms with E-state index in [4.69, 9.17) is 0 Å². The number of halogens is 5. The molecule has 3 heterocycles. The van der Waals surface area contributed by atoms with E-state index >= 15 is 0 Å². The van der Waals surface area contributed by atoms with Gasteiger partial charge in [0.25, 0.3) is 5.92 Å². The van der Waals surface area contributed by atoms with Crippen molar-refractivity contribution in [2.45, 2.75) is 100 Å². The molecule has 39 heavy (non-hydrogen) atoms. The summed E-state index contributed by atoms with van der Waals surface area (Å²) < 4.78 is 69.1. The van der Waals surface area contributed by atoms with Gasteiger partial charge in [0.2, 0.25) is 17.7 Å². The van der Waals surface area contributed by atoms with Crippen molar-refractivity contribution in [3.05, 3.63) is 0 Å². The van der Waals surface area contributed by atoms with Crippen LogP contribution in [-0.2, 0) is 19.2 Å². The lowest BCUT2D eigenvalue weighted by atomic mass is 9.71. The van der Waals surface area contributed by atoms with Crippen LogP contribution in [0.4, 0.5) is 22.0 Å². The Kier molecular flexibility index (Phi) is 8.37. The molecule has 0 aromatic carbocycles. The highest BCUT2D eigenvalue weighted by molar-refractivity contribution is 5.94. The van der Waals surface area contributed by atoms with Crippen molar-refractivity contribution in [2.75, 3.05) is 6.54 Å². The van der Waals surface area contributed by atoms with Gasteiger partial charge in [-0.2, -0.15) is 18.4 Å². The smallest absolute Gasteiger partial charge is 0.356 e. The Hall–Kier alpha value is -2.98. The van der Waals surface area contributed by atoms with Crippen molar-refractivity contribution in [3.63, 3.8) is 0 Å². The highest BCUT2D eigenvalue weighted by atomic mass is 19.4. The van der Waals surface area contributed by atoms with E-state index in [1.807, 2.05) is 6.07 Å². The van der Waals surface area contributed by atoms with Gasteiger partial charge in [0.05, 0.1) is 12.0 Å². The van der Waals surface area contributed by atoms with Gasteiger partial charge in [0, 0.05) is 24.9 Å². The van der Waals surface area contributed by atoms with Crippen molar-refractivity contribution in [2.24, 2.45) is 17.8 Å². The van der Waals surface area contributed by atoms with E-state index in [1.165, 1.54) is 0 Å². The normalized spacial score (nSPS) is 29.8. The Morgan fingerprint density at radius 2 is 1.79 bits per heavy atom. The van der Waals surface area contributed by atoms with Gasteiger partial charge in [0.15, 0.2) is 0 Å².